The average molecular weight is 281 g/mol. The second kappa shape index (κ2) is 7.99. The number of nitrogens with one attached hydrogen (secondary N) is 1. The lowest BCUT2D eigenvalue weighted by Gasteiger charge is -2.22. The first kappa shape index (κ1) is 15.8. The molecule has 0 aromatic heterocycles. The van der Waals surface area contributed by atoms with Gasteiger partial charge in [0.2, 0.25) is 0 Å². The molecule has 0 bridgehead atoms. The van der Waals surface area contributed by atoms with Gasteiger partial charge < -0.3 is 5.32 Å². The van der Waals surface area contributed by atoms with Gasteiger partial charge in [0, 0.05) is 6.54 Å². The van der Waals surface area contributed by atoms with E-state index >= 15 is 0 Å². The van der Waals surface area contributed by atoms with Crippen LogP contribution in [0.5, 0.6) is 0 Å². The van der Waals surface area contributed by atoms with Gasteiger partial charge in [-0.3, -0.25) is 0 Å². The lowest BCUT2D eigenvalue weighted by atomic mass is 9.88. The van der Waals surface area contributed by atoms with E-state index in [0.717, 1.165) is 19.5 Å². The van der Waals surface area contributed by atoms with Crippen LogP contribution in [0.3, 0.4) is 0 Å². The molecule has 21 heavy (non-hydrogen) atoms. The Hall–Kier alpha value is -1.60. The smallest absolute Gasteiger partial charge is 0.00227 e. The Morgan fingerprint density at radius 2 is 1.57 bits per heavy atom. The molecule has 0 spiro atoms. The van der Waals surface area contributed by atoms with E-state index < -0.39 is 0 Å². The molecule has 0 amide bonds. The third-order valence-electron chi connectivity index (χ3n) is 4.23. The highest BCUT2D eigenvalue weighted by Gasteiger charge is 2.14. The first-order valence-corrected chi connectivity index (χ1v) is 7.98. The summed E-state index contributed by atoms with van der Waals surface area (Å²) in [5, 5.41) is 3.64. The molecule has 1 heteroatoms. The fourth-order valence-electron chi connectivity index (χ4n) is 2.81. The van der Waals surface area contributed by atoms with Gasteiger partial charge >= 0.3 is 0 Å². The minimum absolute atomic E-state index is 0.586. The Morgan fingerprint density at radius 3 is 2.24 bits per heavy atom. The van der Waals surface area contributed by atoms with E-state index in [2.05, 4.69) is 80.7 Å². The van der Waals surface area contributed by atoms with Gasteiger partial charge in [0.25, 0.3) is 0 Å². The normalized spacial score (nSPS) is 12.6. The highest BCUT2D eigenvalue weighted by molar-refractivity contribution is 5.25. The summed E-state index contributed by atoms with van der Waals surface area (Å²) in [6, 6.07) is 19.5. The maximum absolute atomic E-state index is 3.64. The summed E-state index contributed by atoms with van der Waals surface area (Å²) in [6.07, 6.45) is 1.10. The third kappa shape index (κ3) is 4.71. The molecule has 0 aliphatic rings. The second-order valence-corrected chi connectivity index (χ2v) is 6.14. The summed E-state index contributed by atoms with van der Waals surface area (Å²) in [5.41, 5.74) is 4.28. The number of benzene rings is 2. The number of rotatable bonds is 7. The molecule has 0 saturated heterocycles. The molecular formula is C20H27N. The van der Waals surface area contributed by atoms with Gasteiger partial charge in [-0.1, -0.05) is 68.4 Å². The van der Waals surface area contributed by atoms with E-state index in [9.17, 15) is 0 Å². The SMILES string of the molecule is Cc1ccccc1CCNCC(c1ccccc1)C(C)C. The van der Waals surface area contributed by atoms with Crippen LogP contribution in [0.2, 0.25) is 0 Å². The van der Waals surface area contributed by atoms with Crippen LogP contribution in [-0.2, 0) is 6.42 Å². The van der Waals surface area contributed by atoms with Crippen LogP contribution in [0, 0.1) is 12.8 Å². The Bertz CT molecular complexity index is 531. The van der Waals surface area contributed by atoms with Crippen molar-refractivity contribution in [1.29, 1.82) is 0 Å². The van der Waals surface area contributed by atoms with Crippen LogP contribution < -0.4 is 5.32 Å². The Morgan fingerprint density at radius 1 is 0.905 bits per heavy atom. The van der Waals surface area contributed by atoms with E-state index in [1.165, 1.54) is 16.7 Å². The minimum atomic E-state index is 0.586. The third-order valence-corrected chi connectivity index (χ3v) is 4.23. The van der Waals surface area contributed by atoms with Crippen molar-refractivity contribution in [3.63, 3.8) is 0 Å². The summed E-state index contributed by atoms with van der Waals surface area (Å²) in [6.45, 7) is 8.89. The topological polar surface area (TPSA) is 12.0 Å². The van der Waals surface area contributed by atoms with Crippen molar-refractivity contribution in [1.82, 2.24) is 5.32 Å². The van der Waals surface area contributed by atoms with Gasteiger partial charge in [0.15, 0.2) is 0 Å². The maximum atomic E-state index is 3.64. The zero-order valence-corrected chi connectivity index (χ0v) is 13.5. The van der Waals surface area contributed by atoms with Crippen LogP contribution in [0.15, 0.2) is 54.6 Å². The molecule has 2 aromatic rings. The van der Waals surface area contributed by atoms with Crippen molar-refractivity contribution in [3.05, 3.63) is 71.3 Å². The molecule has 1 N–H and O–H groups in total. The van der Waals surface area contributed by atoms with Crippen LogP contribution >= 0.6 is 0 Å². The molecule has 1 nitrogen and oxygen atoms in total. The van der Waals surface area contributed by atoms with E-state index in [0.29, 0.717) is 11.8 Å². The highest BCUT2D eigenvalue weighted by Crippen LogP contribution is 2.23. The standard InChI is InChI=1S/C20H27N/c1-16(2)20(19-11-5-4-6-12-19)15-21-14-13-18-10-8-7-9-17(18)3/h4-12,16,20-21H,13-15H2,1-3H3. The summed E-state index contributed by atoms with van der Waals surface area (Å²) >= 11 is 0. The van der Waals surface area contributed by atoms with Gasteiger partial charge in [0.05, 0.1) is 0 Å². The van der Waals surface area contributed by atoms with Crippen molar-refractivity contribution >= 4 is 0 Å². The molecule has 0 fully saturated rings. The molecule has 0 aliphatic carbocycles. The Kier molecular flexibility index (Phi) is 6.01. The fourth-order valence-corrected chi connectivity index (χ4v) is 2.81. The largest absolute Gasteiger partial charge is 0.316 e. The Balaban J connectivity index is 1.85. The van der Waals surface area contributed by atoms with Crippen molar-refractivity contribution in [3.8, 4) is 0 Å². The fraction of sp³-hybridized carbons (Fsp3) is 0.400. The van der Waals surface area contributed by atoms with Gasteiger partial charge in [-0.15, -0.1) is 0 Å². The lowest BCUT2D eigenvalue weighted by Crippen LogP contribution is -2.26. The van der Waals surface area contributed by atoms with Gasteiger partial charge in [-0.2, -0.15) is 0 Å². The molecule has 2 rings (SSSR count). The molecule has 1 atom stereocenters. The van der Waals surface area contributed by atoms with E-state index in [4.69, 9.17) is 0 Å². The predicted octanol–water partition coefficient (Wildman–Crippen LogP) is 4.57. The molecule has 0 radical (unpaired) electrons. The molecular weight excluding hydrogens is 254 g/mol. The molecule has 0 aliphatic heterocycles. The summed E-state index contributed by atoms with van der Waals surface area (Å²) in [5.74, 6) is 1.24. The molecule has 112 valence electrons. The number of hydrogen-bond donors (Lipinski definition) is 1. The van der Waals surface area contributed by atoms with E-state index in [1.807, 2.05) is 0 Å². The van der Waals surface area contributed by atoms with Crippen molar-refractivity contribution in [2.75, 3.05) is 13.1 Å². The minimum Gasteiger partial charge on any atom is -0.316 e. The zero-order valence-electron chi connectivity index (χ0n) is 13.5. The van der Waals surface area contributed by atoms with Gasteiger partial charge in [0.1, 0.15) is 0 Å². The van der Waals surface area contributed by atoms with Crippen molar-refractivity contribution in [2.45, 2.75) is 33.1 Å². The van der Waals surface area contributed by atoms with Crippen LogP contribution in [0.4, 0.5) is 0 Å². The zero-order chi connectivity index (χ0) is 15.1. The predicted molar refractivity (Wildman–Crippen MR) is 91.8 cm³/mol. The van der Waals surface area contributed by atoms with Crippen molar-refractivity contribution in [2.24, 2.45) is 5.92 Å². The van der Waals surface area contributed by atoms with Gasteiger partial charge in [-0.25, -0.2) is 0 Å². The summed E-state index contributed by atoms with van der Waals surface area (Å²) in [4.78, 5) is 0. The van der Waals surface area contributed by atoms with E-state index in [1.54, 1.807) is 0 Å². The first-order chi connectivity index (χ1) is 10.2. The monoisotopic (exact) mass is 281 g/mol. The summed E-state index contributed by atoms with van der Waals surface area (Å²) in [7, 11) is 0. The number of aryl methyl sites for hydroxylation is 1. The molecule has 2 aromatic carbocycles. The van der Waals surface area contributed by atoms with Crippen LogP contribution in [0.25, 0.3) is 0 Å². The average Bonchev–Trinajstić information content (AvgIpc) is 2.49. The molecule has 0 saturated carbocycles. The second-order valence-electron chi connectivity index (χ2n) is 6.14. The quantitative estimate of drug-likeness (QED) is 0.733. The first-order valence-electron chi connectivity index (χ1n) is 7.98. The van der Waals surface area contributed by atoms with Gasteiger partial charge in [-0.05, 0) is 48.4 Å². The molecule has 1 unspecified atom stereocenters. The highest BCUT2D eigenvalue weighted by atomic mass is 14.9. The van der Waals surface area contributed by atoms with Crippen LogP contribution in [0.1, 0.15) is 36.5 Å². The maximum Gasteiger partial charge on any atom is 0.00227 e. The molecule has 0 heterocycles. The Labute approximate surface area is 129 Å². The lowest BCUT2D eigenvalue weighted by molar-refractivity contribution is 0.463. The van der Waals surface area contributed by atoms with Crippen LogP contribution in [-0.4, -0.2) is 13.1 Å². The number of hydrogen-bond acceptors (Lipinski definition) is 1. The van der Waals surface area contributed by atoms with Crippen molar-refractivity contribution < 1.29 is 0 Å². The van der Waals surface area contributed by atoms with E-state index in [-0.39, 0.29) is 0 Å². The summed E-state index contributed by atoms with van der Waals surface area (Å²) < 4.78 is 0.